The van der Waals surface area contributed by atoms with Crippen molar-refractivity contribution in [3.8, 4) is 5.75 Å². The number of nitrogens with zero attached hydrogens (tertiary/aromatic N) is 3. The van der Waals surface area contributed by atoms with Crippen LogP contribution in [0.2, 0.25) is 5.02 Å². The minimum atomic E-state index is 0.0312. The lowest BCUT2D eigenvalue weighted by molar-refractivity contribution is 0.194. The normalized spacial score (nSPS) is 22.3. The molecule has 1 saturated carbocycles. The molecule has 1 aliphatic carbocycles. The van der Waals surface area contributed by atoms with Crippen LogP contribution in [0.5, 0.6) is 5.75 Å². The first-order valence-electron chi connectivity index (χ1n) is 11.7. The molecule has 2 aliphatic rings. The van der Waals surface area contributed by atoms with Crippen LogP contribution >= 0.6 is 11.6 Å². The number of hydrogen-bond donors (Lipinski definition) is 1. The molecule has 0 bridgehead atoms. The Morgan fingerprint density at radius 2 is 1.84 bits per heavy atom. The number of urea groups is 1. The van der Waals surface area contributed by atoms with Crippen molar-refractivity contribution in [3.63, 3.8) is 0 Å². The summed E-state index contributed by atoms with van der Waals surface area (Å²) in [4.78, 5) is 18.5. The fraction of sp³-hybridized carbons (Fsp3) is 0.708. The van der Waals surface area contributed by atoms with Crippen molar-refractivity contribution >= 4 is 23.3 Å². The molecule has 7 heteroatoms. The van der Waals surface area contributed by atoms with E-state index in [9.17, 15) is 4.79 Å². The minimum absolute atomic E-state index is 0.0312. The van der Waals surface area contributed by atoms with E-state index < -0.39 is 0 Å². The van der Waals surface area contributed by atoms with E-state index in [1.807, 2.05) is 6.07 Å². The Hall–Kier alpha value is -1.66. The Morgan fingerprint density at radius 3 is 2.42 bits per heavy atom. The topological polar surface area (TPSA) is 48.1 Å². The molecule has 6 nitrogen and oxygen atoms in total. The van der Waals surface area contributed by atoms with E-state index >= 15 is 0 Å². The zero-order valence-electron chi connectivity index (χ0n) is 19.6. The van der Waals surface area contributed by atoms with Crippen LogP contribution in [-0.4, -0.2) is 75.8 Å². The molecule has 0 unspecified atom stereocenters. The summed E-state index contributed by atoms with van der Waals surface area (Å²) in [5.41, 5.74) is 2.38. The summed E-state index contributed by atoms with van der Waals surface area (Å²) >= 11 is 6.46. The Labute approximate surface area is 192 Å². The van der Waals surface area contributed by atoms with E-state index in [-0.39, 0.29) is 6.03 Å². The molecule has 3 rings (SSSR count). The van der Waals surface area contributed by atoms with Crippen LogP contribution in [0.3, 0.4) is 0 Å². The molecule has 0 atom stereocenters. The van der Waals surface area contributed by atoms with Gasteiger partial charge in [0, 0.05) is 46.3 Å². The smallest absolute Gasteiger partial charge is 0.317 e. The zero-order chi connectivity index (χ0) is 22.4. The minimum Gasteiger partial charge on any atom is -0.493 e. The number of anilines is 1. The molecule has 1 aliphatic heterocycles. The van der Waals surface area contributed by atoms with Gasteiger partial charge in [0.2, 0.25) is 0 Å². The van der Waals surface area contributed by atoms with E-state index in [1.54, 1.807) is 26.1 Å². The maximum absolute atomic E-state index is 11.8. The van der Waals surface area contributed by atoms with Crippen molar-refractivity contribution in [1.29, 1.82) is 0 Å². The highest BCUT2D eigenvalue weighted by Crippen LogP contribution is 2.37. The average Bonchev–Trinajstić information content (AvgIpc) is 2.78. The summed E-state index contributed by atoms with van der Waals surface area (Å²) < 4.78 is 5.61. The Bertz CT molecular complexity index is 727. The third kappa shape index (κ3) is 6.42. The lowest BCUT2D eigenvalue weighted by atomic mass is 9.84. The number of amides is 2. The number of carbonyl (C=O) groups is 1. The fourth-order valence-electron chi connectivity index (χ4n) is 4.75. The Kier molecular flexibility index (Phi) is 8.73. The van der Waals surface area contributed by atoms with Crippen molar-refractivity contribution in [1.82, 2.24) is 15.1 Å². The van der Waals surface area contributed by atoms with E-state index in [1.165, 1.54) is 31.4 Å². The maximum atomic E-state index is 11.8. The second kappa shape index (κ2) is 11.3. The van der Waals surface area contributed by atoms with E-state index in [0.29, 0.717) is 11.1 Å². The van der Waals surface area contributed by atoms with Crippen molar-refractivity contribution < 1.29 is 9.53 Å². The van der Waals surface area contributed by atoms with Gasteiger partial charge in [0.15, 0.2) is 5.75 Å². The number of methoxy groups -OCH3 is 1. The van der Waals surface area contributed by atoms with E-state index in [4.69, 9.17) is 16.3 Å². The van der Waals surface area contributed by atoms with Gasteiger partial charge in [-0.05, 0) is 68.7 Å². The molecule has 1 heterocycles. The average molecular weight is 451 g/mol. The molecule has 174 valence electrons. The summed E-state index contributed by atoms with van der Waals surface area (Å²) in [6, 6.07) is 4.62. The molecule has 1 aromatic carbocycles. The van der Waals surface area contributed by atoms with Crippen LogP contribution in [0.15, 0.2) is 12.1 Å². The quantitative estimate of drug-likeness (QED) is 0.674. The second-order valence-corrected chi connectivity index (χ2v) is 9.57. The van der Waals surface area contributed by atoms with E-state index in [2.05, 4.69) is 28.1 Å². The summed E-state index contributed by atoms with van der Waals surface area (Å²) in [6.07, 6.45) is 6.88. The summed E-state index contributed by atoms with van der Waals surface area (Å²) in [5.74, 6) is 1.58. The van der Waals surface area contributed by atoms with Gasteiger partial charge in [-0.2, -0.15) is 0 Å². The fourth-order valence-corrected chi connectivity index (χ4v) is 5.07. The SMILES string of the molecule is CCc1cc(Cl)c(OC)c(N2CCN(CC[C@H]3CC[C@H](NC(=O)N(C)C)CC3)CC2)c1. The molecular weight excluding hydrogens is 412 g/mol. The number of piperazine rings is 1. The number of rotatable bonds is 7. The van der Waals surface area contributed by atoms with Gasteiger partial charge in [-0.15, -0.1) is 0 Å². The van der Waals surface area contributed by atoms with Gasteiger partial charge in [0.25, 0.3) is 0 Å². The van der Waals surface area contributed by atoms with Gasteiger partial charge in [-0.3, -0.25) is 4.90 Å². The zero-order valence-corrected chi connectivity index (χ0v) is 20.4. The van der Waals surface area contributed by atoms with Gasteiger partial charge in [0.05, 0.1) is 17.8 Å². The van der Waals surface area contributed by atoms with Crippen LogP contribution in [0.4, 0.5) is 10.5 Å². The van der Waals surface area contributed by atoms with Crippen molar-refractivity contribution in [2.24, 2.45) is 5.92 Å². The van der Waals surface area contributed by atoms with Crippen LogP contribution in [0, 0.1) is 5.92 Å². The van der Waals surface area contributed by atoms with Crippen LogP contribution in [0.25, 0.3) is 0 Å². The monoisotopic (exact) mass is 450 g/mol. The summed E-state index contributed by atoms with van der Waals surface area (Å²) in [6.45, 7) is 7.48. The van der Waals surface area contributed by atoms with Gasteiger partial charge in [-0.1, -0.05) is 18.5 Å². The van der Waals surface area contributed by atoms with Crippen molar-refractivity contribution in [2.75, 3.05) is 58.8 Å². The predicted octanol–water partition coefficient (Wildman–Crippen LogP) is 4.25. The molecule has 1 saturated heterocycles. The number of aryl methyl sites for hydroxylation is 1. The second-order valence-electron chi connectivity index (χ2n) is 9.16. The summed E-state index contributed by atoms with van der Waals surface area (Å²) in [5, 5.41) is 3.84. The van der Waals surface area contributed by atoms with Gasteiger partial charge in [-0.25, -0.2) is 4.79 Å². The van der Waals surface area contributed by atoms with Crippen molar-refractivity contribution in [3.05, 3.63) is 22.7 Å². The highest BCUT2D eigenvalue weighted by atomic mass is 35.5. The number of carbonyl (C=O) groups excluding carboxylic acids is 1. The third-order valence-electron chi connectivity index (χ3n) is 6.84. The summed E-state index contributed by atoms with van der Waals surface area (Å²) in [7, 11) is 5.30. The van der Waals surface area contributed by atoms with Gasteiger partial charge < -0.3 is 19.9 Å². The number of ether oxygens (including phenoxy) is 1. The first-order valence-corrected chi connectivity index (χ1v) is 12.1. The molecule has 1 N–H and O–H groups in total. The number of hydrogen-bond acceptors (Lipinski definition) is 4. The predicted molar refractivity (Wildman–Crippen MR) is 129 cm³/mol. The third-order valence-corrected chi connectivity index (χ3v) is 7.12. The Balaban J connectivity index is 1.43. The van der Waals surface area contributed by atoms with Crippen LogP contribution < -0.4 is 15.0 Å². The van der Waals surface area contributed by atoms with E-state index in [0.717, 1.165) is 62.8 Å². The van der Waals surface area contributed by atoms with Crippen LogP contribution in [0.1, 0.15) is 44.6 Å². The maximum Gasteiger partial charge on any atom is 0.317 e. The molecule has 0 radical (unpaired) electrons. The van der Waals surface area contributed by atoms with Crippen molar-refractivity contribution in [2.45, 2.75) is 51.5 Å². The standard InChI is InChI=1S/C24H39ClN4O2/c1-5-18-16-21(25)23(31-4)22(17-18)29-14-12-28(13-15-29)11-10-19-6-8-20(9-7-19)26-24(30)27(2)3/h16-17,19-20H,5-15H2,1-4H3,(H,26,30)/t19-,20-. The van der Waals surface area contributed by atoms with Crippen LogP contribution in [-0.2, 0) is 6.42 Å². The Morgan fingerprint density at radius 1 is 1.16 bits per heavy atom. The number of nitrogens with one attached hydrogen (secondary N) is 1. The molecular formula is C24H39ClN4O2. The van der Waals surface area contributed by atoms with Gasteiger partial charge in [0.1, 0.15) is 0 Å². The highest BCUT2D eigenvalue weighted by molar-refractivity contribution is 6.32. The molecule has 2 fully saturated rings. The molecule has 0 aromatic heterocycles. The molecule has 2 amide bonds. The highest BCUT2D eigenvalue weighted by Gasteiger charge is 2.25. The first kappa shape index (κ1) is 24.0. The van der Waals surface area contributed by atoms with Gasteiger partial charge >= 0.3 is 6.03 Å². The number of halogens is 1. The lowest BCUT2D eigenvalue weighted by Crippen LogP contribution is -2.47. The molecule has 31 heavy (non-hydrogen) atoms. The molecule has 1 aromatic rings. The largest absolute Gasteiger partial charge is 0.493 e. The molecule has 0 spiro atoms. The first-order chi connectivity index (χ1) is 14.9. The lowest BCUT2D eigenvalue weighted by Gasteiger charge is -2.38. The number of benzene rings is 1.